The maximum atomic E-state index is 10.6. The maximum absolute atomic E-state index is 10.6. The highest BCUT2D eigenvalue weighted by atomic mass is 19.4. The Kier molecular flexibility index (Phi) is 5.63. The van der Waals surface area contributed by atoms with Crippen LogP contribution in [0.15, 0.2) is 0 Å². The van der Waals surface area contributed by atoms with Crippen LogP contribution in [-0.2, 0) is 4.79 Å². The van der Waals surface area contributed by atoms with E-state index < -0.39 is 12.1 Å². The van der Waals surface area contributed by atoms with Crippen LogP contribution in [0.5, 0.6) is 0 Å². The zero-order chi connectivity index (χ0) is 18.1. The Bertz CT molecular complexity index is 440. The van der Waals surface area contributed by atoms with Crippen molar-refractivity contribution in [1.29, 1.82) is 0 Å². The average Bonchev–Trinajstić information content (AvgIpc) is 2.52. The van der Waals surface area contributed by atoms with Crippen molar-refractivity contribution in [3.8, 4) is 0 Å². The molecule has 4 aliphatic carbocycles. The van der Waals surface area contributed by atoms with Gasteiger partial charge in [0.15, 0.2) is 0 Å². The zero-order valence-electron chi connectivity index (χ0n) is 14.7. The number of aliphatic carboxylic acids is 1. The van der Waals surface area contributed by atoms with Crippen molar-refractivity contribution < 1.29 is 23.1 Å². The minimum absolute atomic E-state index is 0.791. The molecule has 0 spiro atoms. The van der Waals surface area contributed by atoms with E-state index in [4.69, 9.17) is 9.90 Å². The van der Waals surface area contributed by atoms with E-state index in [1.54, 1.807) is 38.5 Å². The van der Waals surface area contributed by atoms with Crippen LogP contribution in [0.25, 0.3) is 0 Å². The van der Waals surface area contributed by atoms with Crippen molar-refractivity contribution in [3.63, 3.8) is 0 Å². The molecule has 1 aliphatic heterocycles. The van der Waals surface area contributed by atoms with Crippen LogP contribution >= 0.6 is 0 Å². The zero-order valence-corrected chi connectivity index (χ0v) is 14.7. The largest absolute Gasteiger partial charge is 0.490 e. The lowest BCUT2D eigenvalue weighted by Crippen LogP contribution is -2.49. The van der Waals surface area contributed by atoms with Gasteiger partial charge in [0.1, 0.15) is 0 Å². The number of nitrogens with one attached hydrogen (secondary N) is 1. The van der Waals surface area contributed by atoms with Crippen LogP contribution in [-0.4, -0.2) is 54.9 Å². The van der Waals surface area contributed by atoms with Crippen LogP contribution < -0.4 is 5.32 Å². The average molecular weight is 362 g/mol. The van der Waals surface area contributed by atoms with Crippen molar-refractivity contribution in [2.45, 2.75) is 51.1 Å². The van der Waals surface area contributed by atoms with Crippen molar-refractivity contribution in [2.75, 3.05) is 32.7 Å². The fourth-order valence-electron chi connectivity index (χ4n) is 5.93. The molecule has 0 aromatic rings. The summed E-state index contributed by atoms with van der Waals surface area (Å²) in [6, 6.07) is 0. The number of carbonyl (C=O) groups is 1. The Labute approximate surface area is 147 Å². The fourth-order valence-corrected chi connectivity index (χ4v) is 5.93. The van der Waals surface area contributed by atoms with E-state index in [1.807, 2.05) is 0 Å². The van der Waals surface area contributed by atoms with Crippen molar-refractivity contribution in [2.24, 2.45) is 23.2 Å². The van der Waals surface area contributed by atoms with E-state index in [0.29, 0.717) is 0 Å². The Hall–Kier alpha value is -0.820. The number of hydrogen-bond donors (Lipinski definition) is 2. The molecular formula is C18H29F3N2O2. The Balaban J connectivity index is 0.000000225. The molecule has 0 aromatic carbocycles. The molecule has 4 bridgehead atoms. The van der Waals surface area contributed by atoms with E-state index in [2.05, 4.69) is 10.2 Å². The van der Waals surface area contributed by atoms with Gasteiger partial charge in [-0.1, -0.05) is 0 Å². The van der Waals surface area contributed by atoms with Gasteiger partial charge in [0.05, 0.1) is 0 Å². The van der Waals surface area contributed by atoms with Crippen LogP contribution in [0.3, 0.4) is 0 Å². The standard InChI is InChI=1S/C16H28N2.C2HF3O2/c1(4-18-5-2-17-3-6-18)16-10-13-7-14(11-16)9-15(8-13)12-16;3-2(4,5)1(6)7/h13-15,17H,1-12H2;(H,6,7). The number of piperazine rings is 1. The minimum Gasteiger partial charge on any atom is -0.475 e. The Morgan fingerprint density at radius 2 is 1.48 bits per heavy atom. The first-order valence-corrected chi connectivity index (χ1v) is 9.49. The number of carboxylic acid groups (broad SMARTS) is 1. The molecule has 2 N–H and O–H groups in total. The first-order chi connectivity index (χ1) is 11.8. The summed E-state index contributed by atoms with van der Waals surface area (Å²) in [4.78, 5) is 11.6. The molecule has 0 atom stereocenters. The monoisotopic (exact) mass is 362 g/mol. The van der Waals surface area contributed by atoms with Crippen LogP contribution in [0.4, 0.5) is 13.2 Å². The molecule has 5 fully saturated rings. The predicted octanol–water partition coefficient (Wildman–Crippen LogP) is 3.13. The van der Waals surface area contributed by atoms with E-state index in [-0.39, 0.29) is 0 Å². The van der Waals surface area contributed by atoms with Crippen molar-refractivity contribution in [1.82, 2.24) is 10.2 Å². The summed E-state index contributed by atoms with van der Waals surface area (Å²) in [5.41, 5.74) is 0.791. The number of hydrogen-bond acceptors (Lipinski definition) is 3. The first-order valence-electron chi connectivity index (χ1n) is 9.49. The second kappa shape index (κ2) is 7.43. The van der Waals surface area contributed by atoms with Gasteiger partial charge in [-0.05, 0) is 74.7 Å². The third kappa shape index (κ3) is 4.88. The third-order valence-corrected chi connectivity index (χ3v) is 6.58. The summed E-state index contributed by atoms with van der Waals surface area (Å²) in [6.07, 6.45) is 5.96. The fraction of sp³-hybridized carbons (Fsp3) is 0.944. The summed E-state index contributed by atoms with van der Waals surface area (Å²) in [6.45, 7) is 6.37. The molecule has 0 radical (unpaired) electrons. The van der Waals surface area contributed by atoms with Gasteiger partial charge < -0.3 is 15.3 Å². The predicted molar refractivity (Wildman–Crippen MR) is 88.2 cm³/mol. The molecule has 1 saturated heterocycles. The third-order valence-electron chi connectivity index (χ3n) is 6.58. The normalized spacial score (nSPS) is 37.5. The van der Waals surface area contributed by atoms with Crippen molar-refractivity contribution in [3.05, 3.63) is 0 Å². The van der Waals surface area contributed by atoms with Gasteiger partial charge in [-0.15, -0.1) is 0 Å². The molecule has 25 heavy (non-hydrogen) atoms. The lowest BCUT2D eigenvalue weighted by molar-refractivity contribution is -0.192. The van der Waals surface area contributed by atoms with Gasteiger partial charge in [0.25, 0.3) is 0 Å². The molecule has 4 nitrogen and oxygen atoms in total. The van der Waals surface area contributed by atoms with E-state index in [9.17, 15) is 13.2 Å². The number of alkyl halides is 3. The summed E-state index contributed by atoms with van der Waals surface area (Å²) in [7, 11) is 0. The number of rotatable bonds is 3. The number of halogens is 3. The summed E-state index contributed by atoms with van der Waals surface area (Å²) in [5, 5.41) is 10.6. The summed E-state index contributed by atoms with van der Waals surface area (Å²) in [5.74, 6) is 0.616. The van der Waals surface area contributed by atoms with Crippen LogP contribution in [0.2, 0.25) is 0 Å². The minimum atomic E-state index is -5.08. The lowest BCUT2D eigenvalue weighted by atomic mass is 9.49. The summed E-state index contributed by atoms with van der Waals surface area (Å²) < 4.78 is 31.7. The maximum Gasteiger partial charge on any atom is 0.490 e. The smallest absolute Gasteiger partial charge is 0.475 e. The van der Waals surface area contributed by atoms with E-state index >= 15 is 0 Å². The molecule has 4 saturated carbocycles. The molecular weight excluding hydrogens is 333 g/mol. The molecule has 0 aromatic heterocycles. The van der Waals surface area contributed by atoms with E-state index in [1.165, 1.54) is 39.1 Å². The second-order valence-electron chi connectivity index (χ2n) is 8.56. The van der Waals surface area contributed by atoms with E-state index in [0.717, 1.165) is 23.2 Å². The molecule has 1 heterocycles. The number of carboxylic acids is 1. The molecule has 5 aliphatic rings. The Morgan fingerprint density at radius 3 is 1.88 bits per heavy atom. The van der Waals surface area contributed by atoms with Gasteiger partial charge in [-0.2, -0.15) is 13.2 Å². The molecule has 5 rings (SSSR count). The molecule has 0 amide bonds. The van der Waals surface area contributed by atoms with Gasteiger partial charge in [-0.25, -0.2) is 4.79 Å². The van der Waals surface area contributed by atoms with Crippen LogP contribution in [0, 0.1) is 23.2 Å². The first kappa shape index (κ1) is 19.0. The SMILES string of the molecule is C1CN(CCC23CC4CC(CC(C4)C2)C3)CCN1.O=C(O)C(F)(F)F. The molecule has 0 unspecified atom stereocenters. The van der Waals surface area contributed by atoms with Gasteiger partial charge >= 0.3 is 12.1 Å². The quantitative estimate of drug-likeness (QED) is 0.810. The highest BCUT2D eigenvalue weighted by Gasteiger charge is 2.50. The number of nitrogens with zero attached hydrogens (tertiary/aromatic N) is 1. The van der Waals surface area contributed by atoms with Gasteiger partial charge in [0.2, 0.25) is 0 Å². The topological polar surface area (TPSA) is 52.6 Å². The second-order valence-corrected chi connectivity index (χ2v) is 8.56. The molecule has 144 valence electrons. The Morgan fingerprint density at radius 1 is 1.04 bits per heavy atom. The van der Waals surface area contributed by atoms with Gasteiger partial charge in [0, 0.05) is 26.2 Å². The van der Waals surface area contributed by atoms with Gasteiger partial charge in [-0.3, -0.25) is 0 Å². The highest BCUT2D eigenvalue weighted by Crippen LogP contribution is 2.61. The van der Waals surface area contributed by atoms with Crippen molar-refractivity contribution >= 4 is 5.97 Å². The highest BCUT2D eigenvalue weighted by molar-refractivity contribution is 5.73. The summed E-state index contributed by atoms with van der Waals surface area (Å²) >= 11 is 0. The lowest BCUT2D eigenvalue weighted by Gasteiger charge is -2.57. The van der Waals surface area contributed by atoms with Crippen LogP contribution in [0.1, 0.15) is 44.9 Å². The molecule has 7 heteroatoms.